The highest BCUT2D eigenvalue weighted by atomic mass is 32.2. The number of rotatable bonds is 9. The molecule has 1 unspecified atom stereocenters. The smallest absolute Gasteiger partial charge is 0.0411 e. The maximum Gasteiger partial charge on any atom is 0.0411 e. The first-order valence-corrected chi connectivity index (χ1v) is 8.31. The van der Waals surface area contributed by atoms with Crippen molar-refractivity contribution in [2.24, 2.45) is 0 Å². The molecule has 1 atom stereocenters. The summed E-state index contributed by atoms with van der Waals surface area (Å²) in [5, 5.41) is 3.67. The molecule has 2 nitrogen and oxygen atoms in total. The van der Waals surface area contributed by atoms with Gasteiger partial charge < -0.3 is 10.2 Å². The van der Waals surface area contributed by atoms with Crippen molar-refractivity contribution in [2.75, 3.05) is 38.7 Å². The van der Waals surface area contributed by atoms with Crippen LogP contribution < -0.4 is 5.32 Å². The summed E-state index contributed by atoms with van der Waals surface area (Å²) in [6, 6.07) is 9.36. The summed E-state index contributed by atoms with van der Waals surface area (Å²) < 4.78 is 0. The molecule has 0 aliphatic rings. The van der Waals surface area contributed by atoms with Gasteiger partial charge in [0.1, 0.15) is 0 Å². The Bertz CT molecular complexity index is 352. The highest BCUT2D eigenvalue weighted by molar-refractivity contribution is 7.99. The van der Waals surface area contributed by atoms with E-state index in [4.69, 9.17) is 0 Å². The largest absolute Gasteiger partial charge is 0.309 e. The monoisotopic (exact) mass is 280 g/mol. The van der Waals surface area contributed by atoms with Crippen molar-refractivity contribution >= 4 is 11.8 Å². The van der Waals surface area contributed by atoms with E-state index in [0.29, 0.717) is 6.04 Å². The molecule has 0 amide bonds. The van der Waals surface area contributed by atoms with Crippen LogP contribution in [0.15, 0.2) is 24.3 Å². The number of hydrogen-bond acceptors (Lipinski definition) is 3. The fraction of sp³-hybridized carbons (Fsp3) is 0.625. The van der Waals surface area contributed by atoms with Gasteiger partial charge in [0.15, 0.2) is 0 Å². The molecule has 3 heteroatoms. The average molecular weight is 280 g/mol. The van der Waals surface area contributed by atoms with Gasteiger partial charge >= 0.3 is 0 Å². The molecular weight excluding hydrogens is 252 g/mol. The molecule has 0 fully saturated rings. The maximum absolute atomic E-state index is 3.67. The zero-order valence-electron chi connectivity index (χ0n) is 12.8. The minimum Gasteiger partial charge on any atom is -0.309 e. The molecule has 19 heavy (non-hydrogen) atoms. The average Bonchev–Trinajstić information content (AvgIpc) is 2.37. The number of thioether (sulfide) groups is 1. The molecule has 0 radical (unpaired) electrons. The molecule has 0 bridgehead atoms. The van der Waals surface area contributed by atoms with Crippen LogP contribution in [0.3, 0.4) is 0 Å². The van der Waals surface area contributed by atoms with E-state index in [9.17, 15) is 0 Å². The molecule has 0 aromatic heterocycles. The van der Waals surface area contributed by atoms with Gasteiger partial charge in [-0.05, 0) is 39.5 Å². The van der Waals surface area contributed by atoms with Gasteiger partial charge in [-0.2, -0.15) is 11.8 Å². The van der Waals surface area contributed by atoms with Crippen LogP contribution >= 0.6 is 11.8 Å². The molecule has 0 saturated heterocycles. The van der Waals surface area contributed by atoms with Gasteiger partial charge in [-0.3, -0.25) is 0 Å². The molecule has 1 rings (SSSR count). The lowest BCUT2D eigenvalue weighted by atomic mass is 10.1. The third-order valence-electron chi connectivity index (χ3n) is 3.05. The third-order valence-corrected chi connectivity index (χ3v) is 4.09. The van der Waals surface area contributed by atoms with Crippen molar-refractivity contribution in [3.63, 3.8) is 0 Å². The lowest BCUT2D eigenvalue weighted by Gasteiger charge is -2.19. The van der Waals surface area contributed by atoms with Gasteiger partial charge in [0.05, 0.1) is 0 Å². The van der Waals surface area contributed by atoms with Crippen molar-refractivity contribution < 1.29 is 0 Å². The molecule has 0 spiro atoms. The standard InChI is InChI=1S/C16H28N2S/c1-5-9-17-16(13-19-11-10-18(3)4)15-8-6-7-14(2)12-15/h6-8,12,16-17H,5,9-11,13H2,1-4H3. The first kappa shape index (κ1) is 16.5. The Morgan fingerprint density at radius 3 is 2.74 bits per heavy atom. The van der Waals surface area contributed by atoms with E-state index in [0.717, 1.165) is 18.8 Å². The van der Waals surface area contributed by atoms with E-state index in [1.54, 1.807) is 0 Å². The van der Waals surface area contributed by atoms with Gasteiger partial charge in [0.25, 0.3) is 0 Å². The molecular formula is C16H28N2S. The fourth-order valence-electron chi connectivity index (χ4n) is 1.93. The lowest BCUT2D eigenvalue weighted by Crippen LogP contribution is -2.25. The Hall–Kier alpha value is -0.510. The minimum atomic E-state index is 0.479. The van der Waals surface area contributed by atoms with E-state index in [1.807, 2.05) is 11.8 Å². The molecule has 0 aliphatic heterocycles. The van der Waals surface area contributed by atoms with Crippen LogP contribution in [-0.2, 0) is 0 Å². The zero-order valence-corrected chi connectivity index (χ0v) is 13.6. The van der Waals surface area contributed by atoms with Crippen LogP contribution in [0.1, 0.15) is 30.5 Å². The predicted octanol–water partition coefficient (Wildman–Crippen LogP) is 3.33. The topological polar surface area (TPSA) is 15.3 Å². The van der Waals surface area contributed by atoms with Crippen molar-refractivity contribution in [3.8, 4) is 0 Å². The molecule has 0 saturated carbocycles. The number of nitrogens with zero attached hydrogens (tertiary/aromatic N) is 1. The summed E-state index contributed by atoms with van der Waals surface area (Å²) in [6.07, 6.45) is 1.19. The SMILES string of the molecule is CCCNC(CSCCN(C)C)c1cccc(C)c1. The second-order valence-electron chi connectivity index (χ2n) is 5.30. The summed E-state index contributed by atoms with van der Waals surface area (Å²) >= 11 is 2.04. The third kappa shape index (κ3) is 7.00. The van der Waals surface area contributed by atoms with Gasteiger partial charge in [-0.15, -0.1) is 0 Å². The van der Waals surface area contributed by atoms with E-state index in [-0.39, 0.29) is 0 Å². The van der Waals surface area contributed by atoms with E-state index >= 15 is 0 Å². The van der Waals surface area contributed by atoms with Crippen molar-refractivity contribution in [2.45, 2.75) is 26.3 Å². The van der Waals surface area contributed by atoms with Crippen LogP contribution in [0.4, 0.5) is 0 Å². The van der Waals surface area contributed by atoms with Gasteiger partial charge in [0, 0.05) is 24.1 Å². The quantitative estimate of drug-likeness (QED) is 0.699. The fourth-order valence-corrected chi connectivity index (χ4v) is 3.13. The van der Waals surface area contributed by atoms with Crippen LogP contribution in [0, 0.1) is 6.92 Å². The van der Waals surface area contributed by atoms with Gasteiger partial charge in [-0.25, -0.2) is 0 Å². The van der Waals surface area contributed by atoms with E-state index < -0.39 is 0 Å². The molecule has 108 valence electrons. The summed E-state index contributed by atoms with van der Waals surface area (Å²) in [5.74, 6) is 2.35. The minimum absolute atomic E-state index is 0.479. The Morgan fingerprint density at radius 1 is 1.32 bits per heavy atom. The molecule has 1 N–H and O–H groups in total. The zero-order chi connectivity index (χ0) is 14.1. The number of hydrogen-bond donors (Lipinski definition) is 1. The molecule has 1 aromatic carbocycles. The normalized spacial score (nSPS) is 12.9. The molecule has 0 heterocycles. The Morgan fingerprint density at radius 2 is 2.11 bits per heavy atom. The number of nitrogens with one attached hydrogen (secondary N) is 1. The number of benzene rings is 1. The molecule has 0 aliphatic carbocycles. The second-order valence-corrected chi connectivity index (χ2v) is 6.45. The van der Waals surface area contributed by atoms with Crippen LogP contribution in [0.25, 0.3) is 0 Å². The first-order valence-electron chi connectivity index (χ1n) is 7.16. The lowest BCUT2D eigenvalue weighted by molar-refractivity contribution is 0.437. The van der Waals surface area contributed by atoms with Crippen LogP contribution in [0.2, 0.25) is 0 Å². The van der Waals surface area contributed by atoms with E-state index in [2.05, 4.69) is 62.4 Å². The molecule has 1 aromatic rings. The van der Waals surface area contributed by atoms with Crippen molar-refractivity contribution in [1.82, 2.24) is 10.2 Å². The predicted molar refractivity (Wildman–Crippen MR) is 88.1 cm³/mol. The van der Waals surface area contributed by atoms with Gasteiger partial charge in [0.2, 0.25) is 0 Å². The Balaban J connectivity index is 2.51. The summed E-state index contributed by atoms with van der Waals surface area (Å²) in [6.45, 7) is 6.63. The van der Waals surface area contributed by atoms with Crippen molar-refractivity contribution in [1.29, 1.82) is 0 Å². The van der Waals surface area contributed by atoms with E-state index in [1.165, 1.54) is 23.3 Å². The summed E-state index contributed by atoms with van der Waals surface area (Å²) in [4.78, 5) is 2.24. The summed E-state index contributed by atoms with van der Waals surface area (Å²) in [7, 11) is 4.27. The summed E-state index contributed by atoms with van der Waals surface area (Å²) in [5.41, 5.74) is 2.77. The second kappa shape index (κ2) is 9.40. The maximum atomic E-state index is 3.67. The Kier molecular flexibility index (Phi) is 8.19. The first-order chi connectivity index (χ1) is 9.13. The highest BCUT2D eigenvalue weighted by Gasteiger charge is 2.10. The highest BCUT2D eigenvalue weighted by Crippen LogP contribution is 2.19. The number of aryl methyl sites for hydroxylation is 1. The Labute approximate surface area is 123 Å². The van der Waals surface area contributed by atoms with Gasteiger partial charge in [-0.1, -0.05) is 36.8 Å². The van der Waals surface area contributed by atoms with Crippen molar-refractivity contribution in [3.05, 3.63) is 35.4 Å². The van der Waals surface area contributed by atoms with Crippen LogP contribution in [0.5, 0.6) is 0 Å². The van der Waals surface area contributed by atoms with Crippen LogP contribution in [-0.4, -0.2) is 43.6 Å².